The summed E-state index contributed by atoms with van der Waals surface area (Å²) in [7, 11) is 3.36. The van der Waals surface area contributed by atoms with E-state index in [1.165, 1.54) is 0 Å². The number of ether oxygens (including phenoxy) is 2. The van der Waals surface area contributed by atoms with Crippen LogP contribution in [0.25, 0.3) is 0 Å². The van der Waals surface area contributed by atoms with E-state index in [0.717, 1.165) is 19.3 Å². The first kappa shape index (κ1) is 25.8. The fourth-order valence-electron chi connectivity index (χ4n) is 4.14. The number of amides is 4. The van der Waals surface area contributed by atoms with Crippen molar-refractivity contribution in [1.29, 1.82) is 0 Å². The Labute approximate surface area is 202 Å². The zero-order valence-corrected chi connectivity index (χ0v) is 20.9. The summed E-state index contributed by atoms with van der Waals surface area (Å²) >= 11 is 0. The molecule has 34 heavy (non-hydrogen) atoms. The quantitative estimate of drug-likeness (QED) is 0.684. The lowest BCUT2D eigenvalue weighted by molar-refractivity contribution is -0.136. The smallest absolute Gasteiger partial charge is 0.319 e. The van der Waals surface area contributed by atoms with Gasteiger partial charge in [0.1, 0.15) is 12.4 Å². The number of carbonyl (C=O) groups is 3. The molecule has 1 heterocycles. The number of anilines is 1. The highest BCUT2D eigenvalue weighted by atomic mass is 16.5. The van der Waals surface area contributed by atoms with E-state index >= 15 is 0 Å². The van der Waals surface area contributed by atoms with Crippen molar-refractivity contribution in [2.75, 3.05) is 45.7 Å². The zero-order chi connectivity index (χ0) is 24.8. The molecule has 1 aliphatic heterocycles. The minimum Gasteiger partial charge on any atom is -0.491 e. The maximum atomic E-state index is 13.4. The van der Waals surface area contributed by atoms with E-state index in [2.05, 4.69) is 10.6 Å². The second kappa shape index (κ2) is 11.6. The van der Waals surface area contributed by atoms with Gasteiger partial charge in [0.05, 0.1) is 17.7 Å². The molecule has 4 amide bonds. The van der Waals surface area contributed by atoms with Gasteiger partial charge in [-0.2, -0.15) is 0 Å². The predicted molar refractivity (Wildman–Crippen MR) is 130 cm³/mol. The Balaban J connectivity index is 1.90. The summed E-state index contributed by atoms with van der Waals surface area (Å²) in [5.41, 5.74) is 0.853. The number of urea groups is 1. The van der Waals surface area contributed by atoms with Crippen molar-refractivity contribution in [1.82, 2.24) is 15.1 Å². The fourth-order valence-corrected chi connectivity index (χ4v) is 4.14. The summed E-state index contributed by atoms with van der Waals surface area (Å²) < 4.78 is 11.8. The van der Waals surface area contributed by atoms with Crippen LogP contribution in [-0.2, 0) is 9.53 Å². The lowest BCUT2D eigenvalue weighted by Gasteiger charge is -2.36. The Morgan fingerprint density at radius 1 is 1.21 bits per heavy atom. The van der Waals surface area contributed by atoms with Crippen LogP contribution in [0.4, 0.5) is 10.5 Å². The molecule has 2 aliphatic rings. The molecule has 0 spiro atoms. The third-order valence-electron chi connectivity index (χ3n) is 6.45. The van der Waals surface area contributed by atoms with Crippen molar-refractivity contribution in [3.8, 4) is 5.75 Å². The minimum absolute atomic E-state index is 0.0274. The predicted octanol–water partition coefficient (Wildman–Crippen LogP) is 2.96. The first-order valence-electron chi connectivity index (χ1n) is 12.2. The number of carbonyl (C=O) groups excluding carboxylic acids is 3. The number of hydrogen-bond acceptors (Lipinski definition) is 5. The van der Waals surface area contributed by atoms with Crippen LogP contribution in [0, 0.1) is 11.8 Å². The normalized spacial score (nSPS) is 23.8. The first-order chi connectivity index (χ1) is 16.2. The van der Waals surface area contributed by atoms with E-state index in [9.17, 15) is 14.4 Å². The summed E-state index contributed by atoms with van der Waals surface area (Å²) in [5.74, 6) is 0.495. The van der Waals surface area contributed by atoms with Crippen LogP contribution in [0.3, 0.4) is 0 Å². The molecular weight excluding hydrogens is 436 g/mol. The largest absolute Gasteiger partial charge is 0.491 e. The summed E-state index contributed by atoms with van der Waals surface area (Å²) in [5, 5.41) is 5.53. The van der Waals surface area contributed by atoms with Crippen molar-refractivity contribution < 1.29 is 23.9 Å². The third-order valence-corrected chi connectivity index (χ3v) is 6.45. The Morgan fingerprint density at radius 3 is 2.59 bits per heavy atom. The molecule has 2 N–H and O–H groups in total. The fraction of sp³-hybridized carbons (Fsp3) is 0.640. The molecule has 188 valence electrons. The molecule has 0 aromatic heterocycles. The third kappa shape index (κ3) is 6.40. The molecular formula is C25H38N4O5. The highest BCUT2D eigenvalue weighted by Crippen LogP contribution is 2.33. The van der Waals surface area contributed by atoms with E-state index in [-0.39, 0.29) is 48.4 Å². The molecule has 0 radical (unpaired) electrons. The Kier molecular flexibility index (Phi) is 8.77. The van der Waals surface area contributed by atoms with Crippen LogP contribution < -0.4 is 15.4 Å². The molecule has 1 aromatic carbocycles. The summed E-state index contributed by atoms with van der Waals surface area (Å²) in [6.45, 7) is 7.73. The van der Waals surface area contributed by atoms with Crippen molar-refractivity contribution >= 4 is 23.5 Å². The van der Waals surface area contributed by atoms with Gasteiger partial charge in [-0.3, -0.25) is 9.59 Å². The van der Waals surface area contributed by atoms with Crippen LogP contribution in [0.1, 0.15) is 50.4 Å². The van der Waals surface area contributed by atoms with Crippen LogP contribution in [0.2, 0.25) is 0 Å². The molecule has 0 saturated heterocycles. The minimum atomic E-state index is -0.326. The molecule has 1 aliphatic carbocycles. The number of hydrogen-bond donors (Lipinski definition) is 2. The van der Waals surface area contributed by atoms with Gasteiger partial charge in [0.15, 0.2) is 0 Å². The Bertz CT molecular complexity index is 888. The molecule has 0 unspecified atom stereocenters. The van der Waals surface area contributed by atoms with Crippen molar-refractivity contribution in [3.05, 3.63) is 23.8 Å². The van der Waals surface area contributed by atoms with Gasteiger partial charge in [0.2, 0.25) is 5.91 Å². The number of rotatable bonds is 5. The highest BCUT2D eigenvalue weighted by Gasteiger charge is 2.37. The Hall–Kier alpha value is -2.81. The maximum absolute atomic E-state index is 13.4. The number of nitrogens with zero attached hydrogens (tertiary/aromatic N) is 2. The topological polar surface area (TPSA) is 100 Å². The van der Waals surface area contributed by atoms with E-state index in [0.29, 0.717) is 36.6 Å². The molecule has 1 aromatic rings. The van der Waals surface area contributed by atoms with Crippen LogP contribution in [0.5, 0.6) is 5.75 Å². The van der Waals surface area contributed by atoms with Crippen LogP contribution in [0.15, 0.2) is 18.2 Å². The Morgan fingerprint density at radius 2 is 1.94 bits per heavy atom. The average molecular weight is 475 g/mol. The standard InChI is InChI=1S/C25H38N4O5/c1-6-11-26-25(32)27-19-9-10-21-20(12-19)24(31)28(4)14-22(33-5)16(2)13-29(17(3)15-34-21)23(30)18-7-8-18/h9-10,12,16-18,22H,6-8,11,13-15H2,1-5H3,(H2,26,27,32)/t16-,17-,22-/m0/s1. The van der Waals surface area contributed by atoms with E-state index < -0.39 is 0 Å². The van der Waals surface area contributed by atoms with Gasteiger partial charge in [0.25, 0.3) is 5.91 Å². The van der Waals surface area contributed by atoms with Crippen molar-refractivity contribution in [3.63, 3.8) is 0 Å². The van der Waals surface area contributed by atoms with Gasteiger partial charge >= 0.3 is 6.03 Å². The summed E-state index contributed by atoms with van der Waals surface area (Å²) in [4.78, 5) is 42.0. The van der Waals surface area contributed by atoms with Gasteiger partial charge in [-0.25, -0.2) is 4.79 Å². The van der Waals surface area contributed by atoms with Crippen molar-refractivity contribution in [2.45, 2.75) is 52.2 Å². The maximum Gasteiger partial charge on any atom is 0.319 e. The van der Waals surface area contributed by atoms with Gasteiger partial charge in [-0.05, 0) is 44.4 Å². The van der Waals surface area contributed by atoms with Crippen LogP contribution >= 0.6 is 0 Å². The molecule has 3 rings (SSSR count). The van der Waals surface area contributed by atoms with E-state index in [1.807, 2.05) is 25.7 Å². The molecule has 0 bridgehead atoms. The van der Waals surface area contributed by atoms with Gasteiger partial charge < -0.3 is 29.9 Å². The van der Waals surface area contributed by atoms with Crippen molar-refractivity contribution in [2.24, 2.45) is 11.8 Å². The molecule has 1 fully saturated rings. The monoisotopic (exact) mass is 474 g/mol. The number of likely N-dealkylation sites (N-methyl/N-ethyl adjacent to an activating group) is 1. The van der Waals surface area contributed by atoms with E-state index in [4.69, 9.17) is 9.47 Å². The number of benzene rings is 1. The summed E-state index contributed by atoms with van der Waals surface area (Å²) in [6, 6.07) is 4.55. The van der Waals surface area contributed by atoms with Gasteiger partial charge in [-0.1, -0.05) is 13.8 Å². The zero-order valence-electron chi connectivity index (χ0n) is 20.9. The van der Waals surface area contributed by atoms with Gasteiger partial charge in [0, 0.05) is 51.3 Å². The SMILES string of the molecule is CCCNC(=O)Nc1ccc2c(c1)C(=O)N(C)C[C@H](OC)[C@@H](C)CN(C(=O)C1CC1)[C@@H](C)CO2. The van der Waals surface area contributed by atoms with Gasteiger partial charge in [-0.15, -0.1) is 0 Å². The van der Waals surface area contributed by atoms with Crippen LogP contribution in [-0.4, -0.2) is 80.2 Å². The first-order valence-corrected chi connectivity index (χ1v) is 12.2. The van der Waals surface area contributed by atoms with E-state index in [1.54, 1.807) is 37.3 Å². The lowest BCUT2D eigenvalue weighted by atomic mass is 10.0. The second-order valence-corrected chi connectivity index (χ2v) is 9.45. The lowest BCUT2D eigenvalue weighted by Crippen LogP contribution is -2.49. The molecule has 1 saturated carbocycles. The average Bonchev–Trinajstić information content (AvgIpc) is 3.67. The molecule has 3 atom stereocenters. The number of methoxy groups -OCH3 is 1. The molecule has 9 heteroatoms. The number of fused-ring (bicyclic) bond motifs is 1. The highest BCUT2D eigenvalue weighted by molar-refractivity contribution is 5.99. The molecule has 9 nitrogen and oxygen atoms in total. The second-order valence-electron chi connectivity index (χ2n) is 9.45. The summed E-state index contributed by atoms with van der Waals surface area (Å²) in [6.07, 6.45) is 2.46. The number of nitrogens with one attached hydrogen (secondary N) is 2.